The summed E-state index contributed by atoms with van der Waals surface area (Å²) in [6.45, 7) is 0. The average Bonchev–Trinajstić information content (AvgIpc) is 2.77. The Hall–Kier alpha value is -0.610. The Morgan fingerprint density at radius 2 is 2.47 bits per heavy atom. The zero-order valence-electron chi connectivity index (χ0n) is 8.90. The predicted octanol–water partition coefficient (Wildman–Crippen LogP) is 2.15. The van der Waals surface area contributed by atoms with Gasteiger partial charge in [0.05, 0.1) is 18.0 Å². The Morgan fingerprint density at radius 3 is 3.20 bits per heavy atom. The van der Waals surface area contributed by atoms with Crippen LogP contribution in [0.1, 0.15) is 37.5 Å². The van der Waals surface area contributed by atoms with E-state index >= 15 is 0 Å². The monoisotopic (exact) mass is 229 g/mol. The molecule has 0 aromatic carbocycles. The molecule has 1 aliphatic carbocycles. The normalized spacial score (nSPS) is 26.8. The molecule has 0 spiro atoms. The van der Waals surface area contributed by atoms with Gasteiger partial charge in [-0.3, -0.25) is 0 Å². The van der Waals surface area contributed by atoms with E-state index in [-0.39, 0.29) is 0 Å². The Labute approximate surface area is 94.6 Å². The van der Waals surface area contributed by atoms with Crippen molar-refractivity contribution < 1.29 is 4.74 Å². The number of halogens is 1. The first kappa shape index (κ1) is 10.9. The fourth-order valence-corrected chi connectivity index (χ4v) is 2.42. The van der Waals surface area contributed by atoms with Crippen molar-refractivity contribution in [3.8, 4) is 0 Å². The SMILES string of the molecule is COC1CCCC(n2ncnc2CCl)C1. The van der Waals surface area contributed by atoms with Crippen LogP contribution in [0.3, 0.4) is 0 Å². The molecule has 1 aliphatic rings. The Morgan fingerprint density at radius 1 is 1.60 bits per heavy atom. The second-order valence-corrected chi connectivity index (χ2v) is 4.20. The molecule has 0 aliphatic heterocycles. The topological polar surface area (TPSA) is 39.9 Å². The molecule has 1 heterocycles. The van der Waals surface area contributed by atoms with Crippen LogP contribution in [0.25, 0.3) is 0 Å². The van der Waals surface area contributed by atoms with E-state index in [1.807, 2.05) is 4.68 Å². The quantitative estimate of drug-likeness (QED) is 0.746. The number of rotatable bonds is 3. The minimum Gasteiger partial charge on any atom is -0.381 e. The molecule has 2 unspecified atom stereocenters. The highest BCUT2D eigenvalue weighted by Crippen LogP contribution is 2.30. The molecule has 1 aromatic rings. The van der Waals surface area contributed by atoms with Crippen molar-refractivity contribution in [1.29, 1.82) is 0 Å². The Balaban J connectivity index is 2.09. The van der Waals surface area contributed by atoms with Gasteiger partial charge in [0.2, 0.25) is 0 Å². The second-order valence-electron chi connectivity index (χ2n) is 3.93. The highest BCUT2D eigenvalue weighted by Gasteiger charge is 2.24. The number of alkyl halides is 1. The van der Waals surface area contributed by atoms with Gasteiger partial charge in [0.1, 0.15) is 12.2 Å². The van der Waals surface area contributed by atoms with Crippen molar-refractivity contribution >= 4 is 11.6 Å². The lowest BCUT2D eigenvalue weighted by atomic mass is 9.93. The van der Waals surface area contributed by atoms with Crippen LogP contribution >= 0.6 is 11.6 Å². The fourth-order valence-electron chi connectivity index (χ4n) is 2.23. The zero-order chi connectivity index (χ0) is 10.7. The van der Waals surface area contributed by atoms with Gasteiger partial charge in [-0.15, -0.1) is 11.6 Å². The van der Waals surface area contributed by atoms with Crippen LogP contribution in [0.4, 0.5) is 0 Å². The number of aromatic nitrogens is 3. The van der Waals surface area contributed by atoms with Gasteiger partial charge in [-0.2, -0.15) is 5.10 Å². The molecule has 0 amide bonds. The predicted molar refractivity (Wildman–Crippen MR) is 57.9 cm³/mol. The van der Waals surface area contributed by atoms with Crippen LogP contribution in [0.2, 0.25) is 0 Å². The molecule has 1 saturated carbocycles. The van der Waals surface area contributed by atoms with Gasteiger partial charge < -0.3 is 4.74 Å². The molecule has 15 heavy (non-hydrogen) atoms. The number of ether oxygens (including phenoxy) is 1. The summed E-state index contributed by atoms with van der Waals surface area (Å²) >= 11 is 5.81. The van der Waals surface area contributed by atoms with Crippen LogP contribution in [0.5, 0.6) is 0 Å². The number of hydrogen-bond acceptors (Lipinski definition) is 3. The van der Waals surface area contributed by atoms with Crippen molar-refractivity contribution in [1.82, 2.24) is 14.8 Å². The summed E-state index contributed by atoms with van der Waals surface area (Å²) in [5.41, 5.74) is 0. The molecule has 0 N–H and O–H groups in total. The molecule has 4 nitrogen and oxygen atoms in total. The molecule has 2 rings (SSSR count). The minimum absolute atomic E-state index is 0.358. The molecular formula is C10H16ClN3O. The molecule has 2 atom stereocenters. The summed E-state index contributed by atoms with van der Waals surface area (Å²) in [4.78, 5) is 4.14. The molecule has 0 saturated heterocycles. The van der Waals surface area contributed by atoms with E-state index < -0.39 is 0 Å². The molecule has 1 aromatic heterocycles. The van der Waals surface area contributed by atoms with Crippen LogP contribution in [0, 0.1) is 0 Å². The van der Waals surface area contributed by atoms with Gasteiger partial charge >= 0.3 is 0 Å². The number of methoxy groups -OCH3 is 1. The van der Waals surface area contributed by atoms with Crippen molar-refractivity contribution in [3.05, 3.63) is 12.2 Å². The smallest absolute Gasteiger partial charge is 0.142 e. The summed E-state index contributed by atoms with van der Waals surface area (Å²) < 4.78 is 7.35. The van der Waals surface area contributed by atoms with Gasteiger partial charge in [0.25, 0.3) is 0 Å². The first-order valence-corrected chi connectivity index (χ1v) is 5.85. The van der Waals surface area contributed by atoms with E-state index in [1.165, 1.54) is 6.42 Å². The largest absolute Gasteiger partial charge is 0.381 e. The van der Waals surface area contributed by atoms with Crippen molar-refractivity contribution in [2.24, 2.45) is 0 Å². The van der Waals surface area contributed by atoms with Crippen molar-refractivity contribution in [3.63, 3.8) is 0 Å². The Bertz CT molecular complexity index is 315. The minimum atomic E-state index is 0.358. The van der Waals surface area contributed by atoms with Gasteiger partial charge in [-0.25, -0.2) is 9.67 Å². The average molecular weight is 230 g/mol. The maximum absolute atomic E-state index is 5.81. The maximum Gasteiger partial charge on any atom is 0.142 e. The Kier molecular flexibility index (Phi) is 3.59. The standard InChI is InChI=1S/C10H16ClN3O/c1-15-9-4-2-3-8(5-9)14-10(6-11)12-7-13-14/h7-9H,2-6H2,1H3. The van der Waals surface area contributed by atoms with Gasteiger partial charge in [-0.05, 0) is 25.7 Å². The van der Waals surface area contributed by atoms with Crippen molar-refractivity contribution in [2.45, 2.75) is 43.7 Å². The highest BCUT2D eigenvalue weighted by molar-refractivity contribution is 6.16. The summed E-state index contributed by atoms with van der Waals surface area (Å²) in [7, 11) is 1.77. The molecular weight excluding hydrogens is 214 g/mol. The third-order valence-corrected chi connectivity index (χ3v) is 3.28. The first-order chi connectivity index (χ1) is 7.35. The van der Waals surface area contributed by atoms with Gasteiger partial charge in [0, 0.05) is 7.11 Å². The summed E-state index contributed by atoms with van der Waals surface area (Å²) in [6.07, 6.45) is 6.43. The molecule has 0 radical (unpaired) electrons. The van der Waals surface area contributed by atoms with Crippen LogP contribution in [0.15, 0.2) is 6.33 Å². The second kappa shape index (κ2) is 4.94. The fraction of sp³-hybridized carbons (Fsp3) is 0.800. The summed E-state index contributed by atoms with van der Waals surface area (Å²) in [5, 5.41) is 4.24. The first-order valence-electron chi connectivity index (χ1n) is 5.32. The summed E-state index contributed by atoms with van der Waals surface area (Å²) in [5.74, 6) is 1.28. The molecule has 1 fully saturated rings. The number of hydrogen-bond donors (Lipinski definition) is 0. The van der Waals surface area contributed by atoms with Crippen LogP contribution in [-0.2, 0) is 10.6 Å². The van der Waals surface area contributed by atoms with E-state index in [0.717, 1.165) is 25.1 Å². The maximum atomic E-state index is 5.81. The third kappa shape index (κ3) is 2.32. The van der Waals surface area contributed by atoms with E-state index in [1.54, 1.807) is 13.4 Å². The lowest BCUT2D eigenvalue weighted by molar-refractivity contribution is 0.0503. The molecule has 0 bridgehead atoms. The van der Waals surface area contributed by atoms with E-state index in [4.69, 9.17) is 16.3 Å². The van der Waals surface area contributed by atoms with Gasteiger partial charge in [0.15, 0.2) is 0 Å². The lowest BCUT2D eigenvalue weighted by Crippen LogP contribution is -2.25. The summed E-state index contributed by atoms with van der Waals surface area (Å²) in [6, 6.07) is 0.403. The zero-order valence-corrected chi connectivity index (χ0v) is 9.65. The van der Waals surface area contributed by atoms with E-state index in [9.17, 15) is 0 Å². The van der Waals surface area contributed by atoms with Crippen molar-refractivity contribution in [2.75, 3.05) is 7.11 Å². The van der Waals surface area contributed by atoms with Crippen LogP contribution in [-0.4, -0.2) is 28.0 Å². The van der Waals surface area contributed by atoms with Crippen LogP contribution < -0.4 is 0 Å². The molecule has 5 heteroatoms. The number of nitrogens with zero attached hydrogens (tertiary/aromatic N) is 3. The molecule has 84 valence electrons. The van der Waals surface area contributed by atoms with Gasteiger partial charge in [-0.1, -0.05) is 0 Å². The third-order valence-electron chi connectivity index (χ3n) is 3.04. The van der Waals surface area contributed by atoms with E-state index in [0.29, 0.717) is 18.0 Å². The lowest BCUT2D eigenvalue weighted by Gasteiger charge is -2.28. The highest BCUT2D eigenvalue weighted by atomic mass is 35.5. The van der Waals surface area contributed by atoms with E-state index in [2.05, 4.69) is 10.1 Å².